The second-order valence-corrected chi connectivity index (χ2v) is 7.78. The molecular formula is C23H26N2O. The lowest BCUT2D eigenvalue weighted by atomic mass is 9.93. The molecule has 0 atom stereocenters. The van der Waals surface area contributed by atoms with E-state index in [9.17, 15) is 4.79 Å². The van der Waals surface area contributed by atoms with Crippen LogP contribution in [0, 0.1) is 12.3 Å². The number of allylic oxidation sites excluding steroid dienone is 2. The van der Waals surface area contributed by atoms with Gasteiger partial charge >= 0.3 is 0 Å². The number of hydrogen-bond acceptors (Lipinski definition) is 2. The number of pyridine rings is 1. The van der Waals surface area contributed by atoms with Crippen LogP contribution in [0.1, 0.15) is 66.7 Å². The maximum absolute atomic E-state index is 12.7. The molecular weight excluding hydrogens is 320 g/mol. The van der Waals surface area contributed by atoms with E-state index in [1.165, 1.54) is 36.8 Å². The van der Waals surface area contributed by atoms with Crippen molar-refractivity contribution in [1.29, 1.82) is 0 Å². The number of nitrogens with zero attached hydrogens (tertiary/aromatic N) is 1. The van der Waals surface area contributed by atoms with Crippen molar-refractivity contribution in [3.05, 3.63) is 64.5 Å². The number of carbonyl (C=O) groups is 1. The standard InChI is InChI=1S/C23H26N2O/c1-4-17-13-19(21-16(3)9-10-23(21)11-12-23)24-14-20(17)25-22(26)18-8-6-5-7-15(18)2/h5-8,13-14H,4,9-12H2,1-3H3,(H,25,26). The van der Waals surface area contributed by atoms with Gasteiger partial charge in [-0.05, 0) is 80.2 Å². The summed E-state index contributed by atoms with van der Waals surface area (Å²) in [7, 11) is 0. The third-order valence-corrected chi connectivity index (χ3v) is 6.05. The third kappa shape index (κ3) is 2.86. The largest absolute Gasteiger partial charge is 0.320 e. The number of aryl methyl sites for hydroxylation is 2. The predicted molar refractivity (Wildman–Crippen MR) is 106 cm³/mol. The quantitative estimate of drug-likeness (QED) is 0.788. The van der Waals surface area contributed by atoms with Crippen LogP contribution in [0.2, 0.25) is 0 Å². The van der Waals surface area contributed by atoms with Crippen LogP contribution in [-0.2, 0) is 6.42 Å². The zero-order valence-corrected chi connectivity index (χ0v) is 15.9. The molecule has 1 spiro atoms. The van der Waals surface area contributed by atoms with Crippen LogP contribution in [-0.4, -0.2) is 10.9 Å². The average molecular weight is 346 g/mol. The fourth-order valence-corrected chi connectivity index (χ4v) is 4.33. The van der Waals surface area contributed by atoms with Crippen LogP contribution >= 0.6 is 0 Å². The minimum Gasteiger partial charge on any atom is -0.320 e. The maximum Gasteiger partial charge on any atom is 0.255 e. The van der Waals surface area contributed by atoms with Gasteiger partial charge in [0.15, 0.2) is 0 Å². The van der Waals surface area contributed by atoms with E-state index in [1.807, 2.05) is 37.4 Å². The lowest BCUT2D eigenvalue weighted by molar-refractivity contribution is 0.102. The first-order chi connectivity index (χ1) is 12.5. The van der Waals surface area contributed by atoms with Crippen LogP contribution in [0.15, 0.2) is 42.1 Å². The Morgan fingerprint density at radius 2 is 1.96 bits per heavy atom. The van der Waals surface area contributed by atoms with Gasteiger partial charge in [0.05, 0.1) is 17.6 Å². The summed E-state index contributed by atoms with van der Waals surface area (Å²) < 4.78 is 0. The number of hydrogen-bond donors (Lipinski definition) is 1. The molecule has 0 aliphatic heterocycles. The number of benzene rings is 1. The summed E-state index contributed by atoms with van der Waals surface area (Å²) in [5.41, 5.74) is 8.17. The van der Waals surface area contributed by atoms with Crippen molar-refractivity contribution >= 4 is 17.2 Å². The zero-order chi connectivity index (χ0) is 18.3. The average Bonchev–Trinajstić information content (AvgIpc) is 3.34. The van der Waals surface area contributed by atoms with Crippen molar-refractivity contribution in [1.82, 2.24) is 4.98 Å². The van der Waals surface area contributed by atoms with E-state index >= 15 is 0 Å². The van der Waals surface area contributed by atoms with Crippen molar-refractivity contribution < 1.29 is 4.79 Å². The summed E-state index contributed by atoms with van der Waals surface area (Å²) in [6, 6.07) is 9.86. The number of amides is 1. The molecule has 26 heavy (non-hydrogen) atoms. The highest BCUT2D eigenvalue weighted by Gasteiger charge is 2.50. The normalized spacial score (nSPS) is 17.7. The van der Waals surface area contributed by atoms with Crippen LogP contribution < -0.4 is 5.32 Å². The fraction of sp³-hybridized carbons (Fsp3) is 0.391. The van der Waals surface area contributed by atoms with Gasteiger partial charge in [-0.3, -0.25) is 9.78 Å². The molecule has 0 saturated heterocycles. The van der Waals surface area contributed by atoms with Gasteiger partial charge in [0.1, 0.15) is 0 Å². The van der Waals surface area contributed by atoms with Crippen molar-refractivity contribution in [3.63, 3.8) is 0 Å². The van der Waals surface area contributed by atoms with Gasteiger partial charge in [-0.2, -0.15) is 0 Å². The lowest BCUT2D eigenvalue weighted by Crippen LogP contribution is -2.15. The number of carbonyl (C=O) groups excluding carboxylic acids is 1. The first kappa shape index (κ1) is 17.0. The summed E-state index contributed by atoms with van der Waals surface area (Å²) >= 11 is 0. The predicted octanol–water partition coefficient (Wildman–Crippen LogP) is 5.55. The fourth-order valence-electron chi connectivity index (χ4n) is 4.33. The molecule has 3 heteroatoms. The summed E-state index contributed by atoms with van der Waals surface area (Å²) in [5, 5.41) is 3.07. The van der Waals surface area contributed by atoms with Gasteiger partial charge in [0.25, 0.3) is 5.91 Å². The minimum absolute atomic E-state index is 0.0673. The van der Waals surface area contributed by atoms with E-state index in [4.69, 9.17) is 4.98 Å². The van der Waals surface area contributed by atoms with Crippen molar-refractivity contribution in [3.8, 4) is 0 Å². The second-order valence-electron chi connectivity index (χ2n) is 7.78. The SMILES string of the molecule is CCc1cc(C2=C(C)CCC23CC3)ncc1NC(=O)c1ccccc1C. The number of rotatable bonds is 4. The Bertz CT molecular complexity index is 906. The van der Waals surface area contributed by atoms with Gasteiger partial charge in [-0.25, -0.2) is 0 Å². The second kappa shape index (κ2) is 6.39. The van der Waals surface area contributed by atoms with Crippen LogP contribution in [0.3, 0.4) is 0 Å². The monoisotopic (exact) mass is 346 g/mol. The van der Waals surface area contributed by atoms with Gasteiger partial charge < -0.3 is 5.32 Å². The summed E-state index contributed by atoms with van der Waals surface area (Å²) in [6.07, 6.45) is 7.80. The Hall–Kier alpha value is -2.42. The molecule has 2 aliphatic rings. The Morgan fingerprint density at radius 1 is 1.19 bits per heavy atom. The smallest absolute Gasteiger partial charge is 0.255 e. The van der Waals surface area contributed by atoms with Gasteiger partial charge in [0, 0.05) is 5.56 Å². The van der Waals surface area contributed by atoms with Gasteiger partial charge in [-0.15, -0.1) is 0 Å². The van der Waals surface area contributed by atoms with Gasteiger partial charge in [-0.1, -0.05) is 30.7 Å². The Morgan fingerprint density at radius 3 is 2.65 bits per heavy atom. The molecule has 0 radical (unpaired) electrons. The zero-order valence-electron chi connectivity index (χ0n) is 15.9. The molecule has 1 saturated carbocycles. The molecule has 1 heterocycles. The van der Waals surface area contributed by atoms with Crippen molar-refractivity contribution in [2.24, 2.45) is 5.41 Å². The Kier molecular flexibility index (Phi) is 4.18. The third-order valence-electron chi connectivity index (χ3n) is 6.05. The highest BCUT2D eigenvalue weighted by molar-refractivity contribution is 6.05. The minimum atomic E-state index is -0.0673. The van der Waals surface area contributed by atoms with E-state index in [1.54, 1.807) is 0 Å². The Balaban J connectivity index is 1.64. The molecule has 1 aromatic carbocycles. The van der Waals surface area contributed by atoms with Crippen LogP contribution in [0.4, 0.5) is 5.69 Å². The highest BCUT2D eigenvalue weighted by Crippen LogP contribution is 2.63. The molecule has 1 fully saturated rings. The number of nitrogens with one attached hydrogen (secondary N) is 1. The molecule has 2 aromatic rings. The van der Waals surface area contributed by atoms with Crippen molar-refractivity contribution in [2.45, 2.75) is 52.9 Å². The molecule has 4 rings (SSSR count). The molecule has 0 bridgehead atoms. The Labute approximate surface area is 155 Å². The van der Waals surface area contributed by atoms with E-state index in [2.05, 4.69) is 25.2 Å². The molecule has 3 nitrogen and oxygen atoms in total. The number of aromatic nitrogens is 1. The van der Waals surface area contributed by atoms with Crippen LogP contribution in [0.5, 0.6) is 0 Å². The molecule has 2 aliphatic carbocycles. The molecule has 0 unspecified atom stereocenters. The first-order valence-corrected chi connectivity index (χ1v) is 9.60. The topological polar surface area (TPSA) is 42.0 Å². The van der Waals surface area contributed by atoms with E-state index < -0.39 is 0 Å². The summed E-state index contributed by atoms with van der Waals surface area (Å²) in [5.74, 6) is -0.0673. The molecule has 134 valence electrons. The van der Waals surface area contributed by atoms with E-state index in [0.29, 0.717) is 11.0 Å². The number of anilines is 1. The lowest BCUT2D eigenvalue weighted by Gasteiger charge is -2.16. The molecule has 1 N–H and O–H groups in total. The van der Waals surface area contributed by atoms with Crippen molar-refractivity contribution in [2.75, 3.05) is 5.32 Å². The van der Waals surface area contributed by atoms with E-state index in [-0.39, 0.29) is 5.91 Å². The summed E-state index contributed by atoms with van der Waals surface area (Å²) in [6.45, 7) is 6.34. The summed E-state index contributed by atoms with van der Waals surface area (Å²) in [4.78, 5) is 17.4. The van der Waals surface area contributed by atoms with E-state index in [0.717, 1.165) is 28.9 Å². The van der Waals surface area contributed by atoms with Gasteiger partial charge in [0.2, 0.25) is 0 Å². The first-order valence-electron chi connectivity index (χ1n) is 9.60. The molecule has 1 amide bonds. The highest BCUT2D eigenvalue weighted by atomic mass is 16.1. The molecule has 1 aromatic heterocycles. The van der Waals surface area contributed by atoms with Crippen LogP contribution in [0.25, 0.3) is 5.57 Å². The maximum atomic E-state index is 12.7.